The van der Waals surface area contributed by atoms with E-state index in [0.29, 0.717) is 40.3 Å². The molecule has 122 valence electrons. The van der Waals surface area contributed by atoms with Crippen molar-refractivity contribution in [2.24, 2.45) is 0 Å². The SMILES string of the molecule is CCN(CC)C(=O)c1cccc(COc2c(Cl)cccc2Cl)n1. The van der Waals surface area contributed by atoms with Gasteiger partial charge in [-0.15, -0.1) is 0 Å². The first-order valence-electron chi connectivity index (χ1n) is 7.38. The number of ether oxygens (including phenoxy) is 1. The first-order chi connectivity index (χ1) is 11.1. The lowest BCUT2D eigenvalue weighted by Crippen LogP contribution is -2.31. The van der Waals surface area contributed by atoms with Gasteiger partial charge in [-0.05, 0) is 38.1 Å². The molecule has 1 amide bonds. The summed E-state index contributed by atoms with van der Waals surface area (Å²) in [4.78, 5) is 18.4. The number of nitrogens with zero attached hydrogens (tertiary/aromatic N) is 2. The molecule has 0 atom stereocenters. The summed E-state index contributed by atoms with van der Waals surface area (Å²) in [6.07, 6.45) is 0. The molecule has 0 fully saturated rings. The zero-order chi connectivity index (χ0) is 16.8. The number of amides is 1. The first-order valence-corrected chi connectivity index (χ1v) is 8.14. The van der Waals surface area contributed by atoms with Crippen LogP contribution in [-0.4, -0.2) is 28.9 Å². The summed E-state index contributed by atoms with van der Waals surface area (Å²) in [7, 11) is 0. The molecular formula is C17H18Cl2N2O2. The molecule has 0 bridgehead atoms. The van der Waals surface area contributed by atoms with Crippen LogP contribution in [0.2, 0.25) is 10.0 Å². The predicted octanol–water partition coefficient (Wildman–Crippen LogP) is 4.45. The molecule has 0 aliphatic heterocycles. The van der Waals surface area contributed by atoms with E-state index in [1.807, 2.05) is 13.8 Å². The Bertz CT molecular complexity index is 668. The Balaban J connectivity index is 2.13. The Kier molecular flexibility index (Phi) is 6.25. The van der Waals surface area contributed by atoms with Crippen molar-refractivity contribution in [1.29, 1.82) is 0 Å². The normalized spacial score (nSPS) is 10.4. The minimum Gasteiger partial charge on any atom is -0.484 e. The largest absolute Gasteiger partial charge is 0.484 e. The van der Waals surface area contributed by atoms with Gasteiger partial charge in [-0.2, -0.15) is 0 Å². The maximum atomic E-state index is 12.3. The molecule has 1 heterocycles. The molecular weight excluding hydrogens is 335 g/mol. The van der Waals surface area contributed by atoms with Gasteiger partial charge in [0.25, 0.3) is 5.91 Å². The Hall–Kier alpha value is -1.78. The number of carbonyl (C=O) groups excluding carboxylic acids is 1. The summed E-state index contributed by atoms with van der Waals surface area (Å²) in [5.74, 6) is 0.325. The smallest absolute Gasteiger partial charge is 0.272 e. The van der Waals surface area contributed by atoms with E-state index in [9.17, 15) is 4.79 Å². The lowest BCUT2D eigenvalue weighted by atomic mass is 10.2. The van der Waals surface area contributed by atoms with Gasteiger partial charge in [-0.3, -0.25) is 4.79 Å². The summed E-state index contributed by atoms with van der Waals surface area (Å²) < 4.78 is 5.65. The van der Waals surface area contributed by atoms with Crippen LogP contribution in [0, 0.1) is 0 Å². The number of hydrogen-bond acceptors (Lipinski definition) is 3. The van der Waals surface area contributed by atoms with Crippen molar-refractivity contribution >= 4 is 29.1 Å². The summed E-state index contributed by atoms with van der Waals surface area (Å²) in [6, 6.07) is 10.4. The van der Waals surface area contributed by atoms with E-state index in [4.69, 9.17) is 27.9 Å². The van der Waals surface area contributed by atoms with Crippen LogP contribution >= 0.6 is 23.2 Å². The van der Waals surface area contributed by atoms with Crippen molar-refractivity contribution in [3.05, 3.63) is 57.8 Å². The highest BCUT2D eigenvalue weighted by atomic mass is 35.5. The molecule has 6 heteroatoms. The molecule has 23 heavy (non-hydrogen) atoms. The van der Waals surface area contributed by atoms with Crippen LogP contribution in [0.5, 0.6) is 5.75 Å². The highest BCUT2D eigenvalue weighted by molar-refractivity contribution is 6.37. The highest BCUT2D eigenvalue weighted by Crippen LogP contribution is 2.32. The molecule has 0 aliphatic carbocycles. The molecule has 0 saturated carbocycles. The number of aromatic nitrogens is 1. The first kappa shape index (κ1) is 17.6. The van der Waals surface area contributed by atoms with E-state index in [1.165, 1.54) is 0 Å². The van der Waals surface area contributed by atoms with Gasteiger partial charge in [0.2, 0.25) is 0 Å². The summed E-state index contributed by atoms with van der Waals surface area (Å²) in [5.41, 5.74) is 1.04. The van der Waals surface area contributed by atoms with E-state index in [0.717, 1.165) is 0 Å². The van der Waals surface area contributed by atoms with Gasteiger partial charge < -0.3 is 9.64 Å². The molecule has 1 aromatic carbocycles. The molecule has 0 saturated heterocycles. The molecule has 1 aromatic heterocycles. The highest BCUT2D eigenvalue weighted by Gasteiger charge is 2.14. The number of para-hydroxylation sites is 1. The molecule has 0 unspecified atom stereocenters. The van der Waals surface area contributed by atoms with Crippen molar-refractivity contribution in [1.82, 2.24) is 9.88 Å². The summed E-state index contributed by atoms with van der Waals surface area (Å²) in [5, 5.41) is 0.876. The van der Waals surface area contributed by atoms with Crippen LogP contribution in [0.25, 0.3) is 0 Å². The van der Waals surface area contributed by atoms with Gasteiger partial charge in [-0.1, -0.05) is 35.3 Å². The molecule has 2 rings (SSSR count). The predicted molar refractivity (Wildman–Crippen MR) is 92.3 cm³/mol. The standard InChI is InChI=1S/C17H18Cl2N2O2/c1-3-21(4-2)17(22)15-10-5-7-12(20-15)11-23-16-13(18)8-6-9-14(16)19/h5-10H,3-4,11H2,1-2H3. The van der Waals surface area contributed by atoms with E-state index in [2.05, 4.69) is 4.98 Å². The number of halogens is 2. The Morgan fingerprint density at radius 2 is 1.70 bits per heavy atom. The molecule has 0 spiro atoms. The van der Waals surface area contributed by atoms with Crippen LogP contribution in [0.4, 0.5) is 0 Å². The molecule has 2 aromatic rings. The van der Waals surface area contributed by atoms with Crippen LogP contribution in [0.1, 0.15) is 30.0 Å². The third-order valence-corrected chi connectivity index (χ3v) is 3.96. The number of rotatable bonds is 6. The minimum absolute atomic E-state index is 0.0902. The average molecular weight is 353 g/mol. The van der Waals surface area contributed by atoms with Crippen LogP contribution in [-0.2, 0) is 6.61 Å². The molecule has 0 aliphatic rings. The van der Waals surface area contributed by atoms with Crippen molar-refractivity contribution in [2.75, 3.05) is 13.1 Å². The summed E-state index contributed by atoms with van der Waals surface area (Å²) >= 11 is 12.1. The topological polar surface area (TPSA) is 42.4 Å². The maximum absolute atomic E-state index is 12.3. The average Bonchev–Trinajstić information content (AvgIpc) is 2.55. The fraction of sp³-hybridized carbons (Fsp3) is 0.294. The van der Waals surface area contributed by atoms with Gasteiger partial charge in [0, 0.05) is 13.1 Å². The lowest BCUT2D eigenvalue weighted by Gasteiger charge is -2.18. The van der Waals surface area contributed by atoms with Crippen LogP contribution < -0.4 is 4.74 Å². The second kappa shape index (κ2) is 8.18. The van der Waals surface area contributed by atoms with Crippen LogP contribution in [0.15, 0.2) is 36.4 Å². The fourth-order valence-electron chi connectivity index (χ4n) is 2.12. The maximum Gasteiger partial charge on any atom is 0.272 e. The summed E-state index contributed by atoms with van der Waals surface area (Å²) in [6.45, 7) is 5.35. The quantitative estimate of drug-likeness (QED) is 0.771. The third-order valence-electron chi connectivity index (χ3n) is 3.36. The third kappa shape index (κ3) is 4.36. The van der Waals surface area contributed by atoms with Crippen molar-refractivity contribution in [2.45, 2.75) is 20.5 Å². The van der Waals surface area contributed by atoms with Crippen molar-refractivity contribution in [3.63, 3.8) is 0 Å². The Labute approximate surface area is 146 Å². The van der Waals surface area contributed by atoms with E-state index in [-0.39, 0.29) is 12.5 Å². The van der Waals surface area contributed by atoms with Gasteiger partial charge >= 0.3 is 0 Å². The van der Waals surface area contributed by atoms with Gasteiger partial charge in [-0.25, -0.2) is 4.98 Å². The molecule has 0 N–H and O–H groups in total. The Morgan fingerprint density at radius 1 is 1.09 bits per heavy atom. The number of hydrogen-bond donors (Lipinski definition) is 0. The second-order valence-electron chi connectivity index (χ2n) is 4.83. The fourth-order valence-corrected chi connectivity index (χ4v) is 2.62. The van der Waals surface area contributed by atoms with Gasteiger partial charge in [0.05, 0.1) is 15.7 Å². The zero-order valence-corrected chi connectivity index (χ0v) is 14.6. The van der Waals surface area contributed by atoms with E-state index in [1.54, 1.807) is 41.3 Å². The zero-order valence-electron chi connectivity index (χ0n) is 13.1. The number of carbonyl (C=O) groups is 1. The van der Waals surface area contributed by atoms with Crippen LogP contribution in [0.3, 0.4) is 0 Å². The Morgan fingerprint density at radius 3 is 2.30 bits per heavy atom. The van der Waals surface area contributed by atoms with Gasteiger partial charge in [0.15, 0.2) is 5.75 Å². The van der Waals surface area contributed by atoms with Gasteiger partial charge in [0.1, 0.15) is 12.3 Å². The minimum atomic E-state index is -0.0902. The number of pyridine rings is 1. The van der Waals surface area contributed by atoms with Crippen molar-refractivity contribution < 1.29 is 9.53 Å². The monoisotopic (exact) mass is 352 g/mol. The number of benzene rings is 1. The lowest BCUT2D eigenvalue weighted by molar-refractivity contribution is 0.0766. The second-order valence-corrected chi connectivity index (χ2v) is 5.65. The van der Waals surface area contributed by atoms with Crippen molar-refractivity contribution in [3.8, 4) is 5.75 Å². The molecule has 4 nitrogen and oxygen atoms in total. The molecule has 0 radical (unpaired) electrons. The van der Waals surface area contributed by atoms with E-state index < -0.39 is 0 Å². The van der Waals surface area contributed by atoms with E-state index >= 15 is 0 Å².